The molecule has 1 aliphatic rings. The van der Waals surface area contributed by atoms with E-state index >= 15 is 0 Å². The standard InChI is InChI=1S/C25H20N2O4S3/c1-3-31-19-9-7-18(8-10-19)26-24(28)23(34-25(26)32)15-17-6-13-22(21(14-17)27(29)30)33-20-11-4-16(2)5-12-20/h4-15H,3H2,1-2H3. The van der Waals surface area contributed by atoms with Crippen molar-refractivity contribution in [1.82, 2.24) is 0 Å². The number of aryl methyl sites for hydroxylation is 1. The van der Waals surface area contributed by atoms with Crippen molar-refractivity contribution >= 4 is 63.4 Å². The van der Waals surface area contributed by atoms with Crippen molar-refractivity contribution in [1.29, 1.82) is 0 Å². The number of hydrogen-bond acceptors (Lipinski definition) is 7. The Morgan fingerprint density at radius 3 is 2.47 bits per heavy atom. The number of benzene rings is 3. The van der Waals surface area contributed by atoms with Crippen LogP contribution < -0.4 is 9.64 Å². The third-order valence-corrected chi connectivity index (χ3v) is 7.30. The van der Waals surface area contributed by atoms with Crippen LogP contribution in [-0.2, 0) is 4.79 Å². The molecule has 6 nitrogen and oxygen atoms in total. The summed E-state index contributed by atoms with van der Waals surface area (Å²) in [6.07, 6.45) is 1.64. The lowest BCUT2D eigenvalue weighted by atomic mass is 10.2. The van der Waals surface area contributed by atoms with Crippen LogP contribution in [0.5, 0.6) is 5.75 Å². The van der Waals surface area contributed by atoms with Gasteiger partial charge in [0.25, 0.3) is 11.6 Å². The van der Waals surface area contributed by atoms with E-state index in [9.17, 15) is 14.9 Å². The highest BCUT2D eigenvalue weighted by Crippen LogP contribution is 2.39. The van der Waals surface area contributed by atoms with Crippen LogP contribution in [0.1, 0.15) is 18.1 Å². The lowest BCUT2D eigenvalue weighted by molar-refractivity contribution is -0.387. The van der Waals surface area contributed by atoms with Crippen LogP contribution in [0.2, 0.25) is 0 Å². The molecule has 9 heteroatoms. The smallest absolute Gasteiger partial charge is 0.283 e. The Labute approximate surface area is 211 Å². The maximum absolute atomic E-state index is 13.1. The Kier molecular flexibility index (Phi) is 7.35. The largest absolute Gasteiger partial charge is 0.494 e. The summed E-state index contributed by atoms with van der Waals surface area (Å²) >= 11 is 7.93. The van der Waals surface area contributed by atoms with E-state index < -0.39 is 4.92 Å². The van der Waals surface area contributed by atoms with Gasteiger partial charge in [-0.25, -0.2) is 0 Å². The summed E-state index contributed by atoms with van der Waals surface area (Å²) in [5, 5.41) is 11.7. The van der Waals surface area contributed by atoms with Gasteiger partial charge in [-0.2, -0.15) is 0 Å². The Morgan fingerprint density at radius 2 is 1.82 bits per heavy atom. The minimum atomic E-state index is -0.404. The molecule has 1 amide bonds. The molecule has 0 spiro atoms. The number of nitrogens with zero attached hydrogens (tertiary/aromatic N) is 2. The normalized spacial score (nSPS) is 14.6. The maximum atomic E-state index is 13.1. The first-order valence-electron chi connectivity index (χ1n) is 10.4. The molecule has 3 aromatic rings. The predicted octanol–water partition coefficient (Wildman–Crippen LogP) is 6.86. The van der Waals surface area contributed by atoms with Crippen LogP contribution in [0.4, 0.5) is 11.4 Å². The third kappa shape index (κ3) is 5.32. The van der Waals surface area contributed by atoms with E-state index in [0.717, 1.165) is 10.5 Å². The van der Waals surface area contributed by atoms with E-state index in [1.165, 1.54) is 34.5 Å². The van der Waals surface area contributed by atoms with E-state index in [-0.39, 0.29) is 11.6 Å². The molecule has 3 aromatic carbocycles. The molecule has 172 valence electrons. The lowest BCUT2D eigenvalue weighted by Gasteiger charge is -2.15. The zero-order chi connectivity index (χ0) is 24.2. The number of nitro groups is 1. The van der Waals surface area contributed by atoms with Crippen LogP contribution in [0.15, 0.2) is 81.4 Å². The number of nitro benzene ring substituents is 1. The van der Waals surface area contributed by atoms with Crippen molar-refractivity contribution in [3.8, 4) is 5.75 Å². The summed E-state index contributed by atoms with van der Waals surface area (Å²) < 4.78 is 5.85. The number of carbonyl (C=O) groups excluding carboxylic acids is 1. The fraction of sp³-hybridized carbons (Fsp3) is 0.120. The first-order chi connectivity index (χ1) is 16.4. The number of anilines is 1. The van der Waals surface area contributed by atoms with Gasteiger partial charge in [-0.15, -0.1) is 0 Å². The van der Waals surface area contributed by atoms with Gasteiger partial charge < -0.3 is 4.74 Å². The van der Waals surface area contributed by atoms with Gasteiger partial charge in [-0.3, -0.25) is 19.8 Å². The summed E-state index contributed by atoms with van der Waals surface area (Å²) in [5.74, 6) is 0.447. The van der Waals surface area contributed by atoms with E-state index in [1.54, 1.807) is 42.5 Å². The molecule has 0 aliphatic carbocycles. The Bertz CT molecular complexity index is 1290. The average Bonchev–Trinajstić information content (AvgIpc) is 3.09. The van der Waals surface area contributed by atoms with Gasteiger partial charge in [0.2, 0.25) is 0 Å². The number of carbonyl (C=O) groups is 1. The summed E-state index contributed by atoms with van der Waals surface area (Å²) in [4.78, 5) is 27.7. The van der Waals surface area contributed by atoms with Crippen molar-refractivity contribution in [2.24, 2.45) is 0 Å². The highest BCUT2D eigenvalue weighted by molar-refractivity contribution is 8.27. The quantitative estimate of drug-likeness (QED) is 0.149. The minimum absolute atomic E-state index is 0.0127. The highest BCUT2D eigenvalue weighted by atomic mass is 32.2. The van der Waals surface area contributed by atoms with Gasteiger partial charge in [0.05, 0.1) is 27.0 Å². The van der Waals surface area contributed by atoms with Gasteiger partial charge >= 0.3 is 0 Å². The third-order valence-electron chi connectivity index (χ3n) is 4.93. The second-order valence-electron chi connectivity index (χ2n) is 7.34. The van der Waals surface area contributed by atoms with E-state index in [2.05, 4.69) is 0 Å². The Morgan fingerprint density at radius 1 is 1.12 bits per heavy atom. The number of ether oxygens (including phenoxy) is 1. The topological polar surface area (TPSA) is 72.7 Å². The van der Waals surface area contributed by atoms with Crippen LogP contribution in [0.3, 0.4) is 0 Å². The zero-order valence-electron chi connectivity index (χ0n) is 18.4. The van der Waals surface area contributed by atoms with Gasteiger partial charge in [0.15, 0.2) is 4.32 Å². The molecule has 4 rings (SSSR count). The minimum Gasteiger partial charge on any atom is -0.494 e. The Hall–Kier alpha value is -3.14. The molecule has 0 aromatic heterocycles. The predicted molar refractivity (Wildman–Crippen MR) is 142 cm³/mol. The summed E-state index contributed by atoms with van der Waals surface area (Å²) in [6, 6.07) is 19.9. The van der Waals surface area contributed by atoms with Crippen molar-refractivity contribution in [3.63, 3.8) is 0 Å². The average molecular weight is 509 g/mol. The number of rotatable bonds is 7. The van der Waals surface area contributed by atoms with E-state index in [0.29, 0.717) is 37.7 Å². The first-order valence-corrected chi connectivity index (χ1v) is 12.4. The summed E-state index contributed by atoms with van der Waals surface area (Å²) in [7, 11) is 0. The molecular formula is C25H20N2O4S3. The van der Waals surface area contributed by atoms with Gasteiger partial charge in [0.1, 0.15) is 5.75 Å². The van der Waals surface area contributed by atoms with Gasteiger partial charge in [-0.05, 0) is 68.0 Å². The summed E-state index contributed by atoms with van der Waals surface area (Å²) in [6.45, 7) is 4.45. The van der Waals surface area contributed by atoms with Crippen molar-refractivity contribution in [3.05, 3.63) is 92.9 Å². The molecule has 0 radical (unpaired) electrons. The molecule has 0 unspecified atom stereocenters. The van der Waals surface area contributed by atoms with Gasteiger partial charge in [0, 0.05) is 11.0 Å². The highest BCUT2D eigenvalue weighted by Gasteiger charge is 2.33. The molecule has 1 fully saturated rings. The number of thioether (sulfide) groups is 1. The molecule has 1 aliphatic heterocycles. The van der Waals surface area contributed by atoms with Crippen LogP contribution in [0.25, 0.3) is 6.08 Å². The second-order valence-corrected chi connectivity index (χ2v) is 10.1. The van der Waals surface area contributed by atoms with Crippen molar-refractivity contribution in [2.45, 2.75) is 23.6 Å². The first kappa shape index (κ1) is 24.0. The van der Waals surface area contributed by atoms with E-state index in [4.69, 9.17) is 17.0 Å². The molecule has 0 saturated carbocycles. The second kappa shape index (κ2) is 10.4. The van der Waals surface area contributed by atoms with E-state index in [1.807, 2.05) is 38.1 Å². The number of amides is 1. The molecule has 1 heterocycles. The van der Waals surface area contributed by atoms with Crippen LogP contribution >= 0.6 is 35.7 Å². The number of thiocarbonyl (C=S) groups is 1. The maximum Gasteiger partial charge on any atom is 0.283 e. The fourth-order valence-electron chi connectivity index (χ4n) is 3.29. The van der Waals surface area contributed by atoms with Gasteiger partial charge in [-0.1, -0.05) is 59.5 Å². The van der Waals surface area contributed by atoms with Crippen LogP contribution in [0, 0.1) is 17.0 Å². The zero-order valence-corrected chi connectivity index (χ0v) is 20.8. The fourth-order valence-corrected chi connectivity index (χ4v) is 5.49. The van der Waals surface area contributed by atoms with Crippen molar-refractivity contribution in [2.75, 3.05) is 11.5 Å². The monoisotopic (exact) mass is 508 g/mol. The van der Waals surface area contributed by atoms with Crippen molar-refractivity contribution < 1.29 is 14.5 Å². The SMILES string of the molecule is CCOc1ccc(N2C(=O)C(=Cc3ccc(Sc4ccc(C)cc4)c([N+](=O)[O-])c3)SC2=S)cc1. The van der Waals surface area contributed by atoms with Crippen LogP contribution in [-0.4, -0.2) is 21.8 Å². The molecule has 1 saturated heterocycles. The lowest BCUT2D eigenvalue weighted by Crippen LogP contribution is -2.27. The number of hydrogen-bond donors (Lipinski definition) is 0. The molecule has 34 heavy (non-hydrogen) atoms. The molecule has 0 bridgehead atoms. The molecular weight excluding hydrogens is 488 g/mol. The summed E-state index contributed by atoms with van der Waals surface area (Å²) in [5.41, 5.74) is 2.32. The molecule has 0 N–H and O–H groups in total. The Balaban J connectivity index is 1.58. The molecule has 0 atom stereocenters.